The highest BCUT2D eigenvalue weighted by molar-refractivity contribution is 5.09. The highest BCUT2D eigenvalue weighted by Crippen LogP contribution is 2.23. The SMILES string of the molecule is c1cncc(COCC(COCc2cccnc2)(COCc2cccnc2)COCc2cccnc2)c1. The number of hydrogen-bond donors (Lipinski definition) is 0. The molecule has 8 nitrogen and oxygen atoms in total. The maximum absolute atomic E-state index is 6.18. The van der Waals surface area contributed by atoms with Gasteiger partial charge in [0.1, 0.15) is 0 Å². The number of ether oxygens (including phenoxy) is 4. The molecule has 37 heavy (non-hydrogen) atoms. The zero-order valence-corrected chi connectivity index (χ0v) is 20.8. The van der Waals surface area contributed by atoms with Gasteiger partial charge in [0.15, 0.2) is 0 Å². The molecule has 0 N–H and O–H groups in total. The van der Waals surface area contributed by atoms with Gasteiger partial charge in [0.05, 0.1) is 58.3 Å². The quantitative estimate of drug-likeness (QED) is 0.223. The summed E-state index contributed by atoms with van der Waals surface area (Å²) >= 11 is 0. The van der Waals surface area contributed by atoms with E-state index in [4.69, 9.17) is 18.9 Å². The van der Waals surface area contributed by atoms with Crippen LogP contribution in [-0.4, -0.2) is 46.4 Å². The third kappa shape index (κ3) is 9.44. The second kappa shape index (κ2) is 14.9. The maximum atomic E-state index is 6.18. The van der Waals surface area contributed by atoms with E-state index >= 15 is 0 Å². The number of hydrogen-bond acceptors (Lipinski definition) is 8. The van der Waals surface area contributed by atoms with Gasteiger partial charge in [-0.3, -0.25) is 19.9 Å². The minimum absolute atomic E-state index is 0.384. The molecule has 0 radical (unpaired) electrons. The highest BCUT2D eigenvalue weighted by atomic mass is 16.5. The summed E-state index contributed by atoms with van der Waals surface area (Å²) in [6.45, 7) is 3.27. The Kier molecular flexibility index (Phi) is 10.6. The van der Waals surface area contributed by atoms with Crippen molar-refractivity contribution in [3.63, 3.8) is 0 Å². The first-order valence-electron chi connectivity index (χ1n) is 12.2. The summed E-state index contributed by atoms with van der Waals surface area (Å²) in [5, 5.41) is 0. The fourth-order valence-corrected chi connectivity index (χ4v) is 3.73. The van der Waals surface area contributed by atoms with Crippen molar-refractivity contribution in [1.29, 1.82) is 0 Å². The fourth-order valence-electron chi connectivity index (χ4n) is 3.73. The molecule has 0 saturated heterocycles. The van der Waals surface area contributed by atoms with Crippen molar-refractivity contribution in [2.45, 2.75) is 26.4 Å². The summed E-state index contributed by atoms with van der Waals surface area (Å²) < 4.78 is 24.7. The molecule has 0 fully saturated rings. The molecule has 0 aliphatic carbocycles. The largest absolute Gasteiger partial charge is 0.376 e. The van der Waals surface area contributed by atoms with Crippen molar-refractivity contribution in [2.24, 2.45) is 5.41 Å². The second-order valence-corrected chi connectivity index (χ2v) is 8.92. The Morgan fingerprint density at radius 2 is 0.703 bits per heavy atom. The fraction of sp³-hybridized carbons (Fsp3) is 0.310. The normalized spacial score (nSPS) is 11.5. The number of pyridine rings is 4. The standard InChI is InChI=1S/C29H32N4O4/c1-5-25(13-30-9-1)17-34-21-29(22-35-18-26-6-2-10-31-14-26,23-36-19-27-7-3-11-32-15-27)24-37-20-28-8-4-12-33-16-28/h1-16H,17-24H2. The van der Waals surface area contributed by atoms with Crippen LogP contribution in [0.1, 0.15) is 22.3 Å². The lowest BCUT2D eigenvalue weighted by molar-refractivity contribution is -0.117. The predicted octanol–water partition coefficient (Wildman–Crippen LogP) is 4.42. The Balaban J connectivity index is 1.44. The monoisotopic (exact) mass is 500 g/mol. The minimum Gasteiger partial charge on any atom is -0.376 e. The molecule has 4 heterocycles. The summed E-state index contributed by atoms with van der Waals surface area (Å²) in [5.41, 5.74) is 3.45. The minimum atomic E-state index is -0.547. The van der Waals surface area contributed by atoms with Crippen molar-refractivity contribution in [2.75, 3.05) is 26.4 Å². The van der Waals surface area contributed by atoms with E-state index in [1.165, 1.54) is 0 Å². The van der Waals surface area contributed by atoms with E-state index in [1.807, 2.05) is 48.5 Å². The molecule has 4 rings (SSSR count). The van der Waals surface area contributed by atoms with Crippen LogP contribution >= 0.6 is 0 Å². The van der Waals surface area contributed by atoms with Crippen LogP contribution in [0.5, 0.6) is 0 Å². The van der Waals surface area contributed by atoms with Crippen LogP contribution in [0.25, 0.3) is 0 Å². The van der Waals surface area contributed by atoms with E-state index in [0.717, 1.165) is 22.3 Å². The van der Waals surface area contributed by atoms with Crippen LogP contribution in [0.2, 0.25) is 0 Å². The molecule has 4 aromatic heterocycles. The Labute approximate surface area is 217 Å². The molecule has 0 unspecified atom stereocenters. The lowest BCUT2D eigenvalue weighted by Crippen LogP contribution is -2.41. The first kappa shape index (κ1) is 26.5. The average Bonchev–Trinajstić information content (AvgIpc) is 2.95. The van der Waals surface area contributed by atoms with Crippen LogP contribution in [-0.2, 0) is 45.4 Å². The van der Waals surface area contributed by atoms with Crippen LogP contribution in [0, 0.1) is 5.41 Å². The van der Waals surface area contributed by atoms with Crippen molar-refractivity contribution in [3.8, 4) is 0 Å². The number of aromatic nitrogens is 4. The first-order chi connectivity index (χ1) is 18.3. The third-order valence-corrected chi connectivity index (χ3v) is 5.60. The van der Waals surface area contributed by atoms with Crippen molar-refractivity contribution < 1.29 is 18.9 Å². The van der Waals surface area contributed by atoms with Gasteiger partial charge in [-0.25, -0.2) is 0 Å². The van der Waals surface area contributed by atoms with E-state index in [9.17, 15) is 0 Å². The summed E-state index contributed by atoms with van der Waals surface area (Å²) in [6.07, 6.45) is 14.2. The van der Waals surface area contributed by atoms with Gasteiger partial charge in [0, 0.05) is 49.6 Å². The van der Waals surface area contributed by atoms with Crippen LogP contribution < -0.4 is 0 Å². The van der Waals surface area contributed by atoms with Crippen molar-refractivity contribution >= 4 is 0 Å². The van der Waals surface area contributed by atoms with E-state index in [0.29, 0.717) is 52.9 Å². The maximum Gasteiger partial charge on any atom is 0.0732 e. The molecule has 8 heteroatoms. The molecule has 192 valence electrons. The molecule has 0 aromatic carbocycles. The average molecular weight is 501 g/mol. The molecule has 0 saturated carbocycles. The summed E-state index contributed by atoms with van der Waals surface area (Å²) in [4.78, 5) is 16.7. The lowest BCUT2D eigenvalue weighted by atomic mass is 9.92. The van der Waals surface area contributed by atoms with Gasteiger partial charge in [-0.15, -0.1) is 0 Å². The Morgan fingerprint density at radius 3 is 0.919 bits per heavy atom. The topological polar surface area (TPSA) is 88.5 Å². The van der Waals surface area contributed by atoms with Crippen LogP contribution in [0.15, 0.2) is 98.1 Å². The van der Waals surface area contributed by atoms with Crippen molar-refractivity contribution in [3.05, 3.63) is 120 Å². The second-order valence-electron chi connectivity index (χ2n) is 8.92. The third-order valence-electron chi connectivity index (χ3n) is 5.60. The predicted molar refractivity (Wildman–Crippen MR) is 138 cm³/mol. The Bertz CT molecular complexity index is 948. The molecular formula is C29H32N4O4. The molecule has 4 aromatic rings. The first-order valence-corrected chi connectivity index (χ1v) is 12.2. The van der Waals surface area contributed by atoms with E-state index in [1.54, 1.807) is 49.6 Å². The molecule has 0 amide bonds. The lowest BCUT2D eigenvalue weighted by Gasteiger charge is -2.33. The van der Waals surface area contributed by atoms with Crippen LogP contribution in [0.3, 0.4) is 0 Å². The molecule has 0 atom stereocenters. The Morgan fingerprint density at radius 1 is 0.432 bits per heavy atom. The molecule has 0 spiro atoms. The molecule has 0 aliphatic heterocycles. The number of nitrogens with zero attached hydrogens (tertiary/aromatic N) is 4. The molecule has 0 bridgehead atoms. The summed E-state index contributed by atoms with van der Waals surface area (Å²) in [5.74, 6) is 0. The molecular weight excluding hydrogens is 468 g/mol. The zero-order chi connectivity index (χ0) is 25.4. The van der Waals surface area contributed by atoms with Gasteiger partial charge < -0.3 is 18.9 Å². The van der Waals surface area contributed by atoms with E-state index < -0.39 is 5.41 Å². The van der Waals surface area contributed by atoms with Gasteiger partial charge in [-0.05, 0) is 46.5 Å². The van der Waals surface area contributed by atoms with Gasteiger partial charge >= 0.3 is 0 Å². The molecule has 0 aliphatic rings. The number of rotatable bonds is 16. The zero-order valence-electron chi connectivity index (χ0n) is 20.8. The van der Waals surface area contributed by atoms with Gasteiger partial charge in [-0.2, -0.15) is 0 Å². The van der Waals surface area contributed by atoms with Gasteiger partial charge in [0.25, 0.3) is 0 Å². The van der Waals surface area contributed by atoms with E-state index in [2.05, 4.69) is 19.9 Å². The van der Waals surface area contributed by atoms with Crippen molar-refractivity contribution in [1.82, 2.24) is 19.9 Å². The van der Waals surface area contributed by atoms with Gasteiger partial charge in [-0.1, -0.05) is 24.3 Å². The highest BCUT2D eigenvalue weighted by Gasteiger charge is 2.33. The smallest absolute Gasteiger partial charge is 0.0732 e. The van der Waals surface area contributed by atoms with Gasteiger partial charge in [0.2, 0.25) is 0 Å². The van der Waals surface area contributed by atoms with E-state index in [-0.39, 0.29) is 0 Å². The summed E-state index contributed by atoms with van der Waals surface area (Å²) in [6, 6.07) is 15.6. The Hall–Kier alpha value is -3.56. The summed E-state index contributed by atoms with van der Waals surface area (Å²) in [7, 11) is 0. The van der Waals surface area contributed by atoms with Crippen LogP contribution in [0.4, 0.5) is 0 Å².